The fourth-order valence-electron chi connectivity index (χ4n) is 2.81. The summed E-state index contributed by atoms with van der Waals surface area (Å²) in [4.78, 5) is 0. The van der Waals surface area contributed by atoms with Gasteiger partial charge in [-0.25, -0.2) is 8.42 Å². The summed E-state index contributed by atoms with van der Waals surface area (Å²) in [6, 6.07) is 19.0. The van der Waals surface area contributed by atoms with E-state index < -0.39 is 14.6 Å². The number of thiophene rings is 1. The molecule has 2 aromatic carbocycles. The maximum Gasteiger partial charge on any atom is 0.197 e. The molecule has 1 heterocycles. The van der Waals surface area contributed by atoms with Crippen LogP contribution in [0.1, 0.15) is 18.1 Å². The normalized spacial score (nSPS) is 14.2. The van der Waals surface area contributed by atoms with Gasteiger partial charge in [0.15, 0.2) is 9.84 Å². The highest BCUT2D eigenvalue weighted by Crippen LogP contribution is 2.41. The highest BCUT2D eigenvalue weighted by molar-refractivity contribution is 7.94. The quantitative estimate of drug-likeness (QED) is 0.661. The molecule has 0 aliphatic heterocycles. The van der Waals surface area contributed by atoms with E-state index in [1.165, 1.54) is 0 Å². The van der Waals surface area contributed by atoms with Crippen molar-refractivity contribution in [2.45, 2.75) is 22.3 Å². The molecule has 25 heavy (non-hydrogen) atoms. The zero-order chi connectivity index (χ0) is 18.1. The molecule has 0 aliphatic carbocycles. The van der Waals surface area contributed by atoms with Crippen LogP contribution >= 0.6 is 22.9 Å². The lowest BCUT2D eigenvalue weighted by atomic mass is 9.92. The minimum Gasteiger partial charge on any atom is -0.508 e. The Morgan fingerprint density at radius 3 is 2.20 bits per heavy atom. The van der Waals surface area contributed by atoms with Crippen LogP contribution in [-0.4, -0.2) is 13.5 Å². The van der Waals surface area contributed by atoms with E-state index >= 15 is 0 Å². The summed E-state index contributed by atoms with van der Waals surface area (Å²) in [5.41, 5.74) is 1.54. The summed E-state index contributed by atoms with van der Waals surface area (Å²) in [6.45, 7) is 1.73. The van der Waals surface area contributed by atoms with Gasteiger partial charge in [0.2, 0.25) is 0 Å². The Labute approximate surface area is 156 Å². The molecule has 3 rings (SSSR count). The van der Waals surface area contributed by atoms with Crippen LogP contribution in [0, 0.1) is 0 Å². The second-order valence-corrected chi connectivity index (χ2v) is 10.3. The summed E-state index contributed by atoms with van der Waals surface area (Å²) < 4.78 is 26.4. The standard InChI is InChI=1S/C19H17ClO3S2/c1-19(15-5-3-2-4-6-15,13-14-7-9-16(21)10-8-14)25(22,23)18-12-11-17(20)24-18/h2-12,21H,13H2,1H3. The van der Waals surface area contributed by atoms with Gasteiger partial charge in [0.25, 0.3) is 0 Å². The summed E-state index contributed by atoms with van der Waals surface area (Å²) in [5.74, 6) is 0.151. The maximum atomic E-state index is 13.4. The highest BCUT2D eigenvalue weighted by Gasteiger charge is 2.42. The van der Waals surface area contributed by atoms with Gasteiger partial charge in [0, 0.05) is 0 Å². The Kier molecular flexibility index (Phi) is 4.91. The molecule has 1 unspecified atom stereocenters. The molecule has 0 amide bonds. The van der Waals surface area contributed by atoms with Crippen LogP contribution in [0.15, 0.2) is 70.9 Å². The molecular weight excluding hydrogens is 376 g/mol. The van der Waals surface area contributed by atoms with Crippen molar-refractivity contribution < 1.29 is 13.5 Å². The molecule has 0 saturated carbocycles. The first-order valence-corrected chi connectivity index (χ1v) is 10.3. The van der Waals surface area contributed by atoms with E-state index in [4.69, 9.17) is 11.6 Å². The molecule has 130 valence electrons. The van der Waals surface area contributed by atoms with Crippen LogP contribution in [0.3, 0.4) is 0 Å². The van der Waals surface area contributed by atoms with Crippen LogP contribution in [0.4, 0.5) is 0 Å². The Hall–Kier alpha value is -1.82. The summed E-state index contributed by atoms with van der Waals surface area (Å²) in [5, 5.41) is 9.48. The monoisotopic (exact) mass is 392 g/mol. The molecular formula is C19H17ClO3S2. The molecule has 0 fully saturated rings. The van der Waals surface area contributed by atoms with Gasteiger partial charge < -0.3 is 5.11 Å². The molecule has 0 aliphatic rings. The van der Waals surface area contributed by atoms with Gasteiger partial charge in [-0.05, 0) is 48.7 Å². The summed E-state index contributed by atoms with van der Waals surface area (Å²) >= 11 is 7.03. The van der Waals surface area contributed by atoms with E-state index in [1.54, 1.807) is 43.3 Å². The molecule has 3 aromatic rings. The van der Waals surface area contributed by atoms with Gasteiger partial charge >= 0.3 is 0 Å². The van der Waals surface area contributed by atoms with Crippen molar-refractivity contribution >= 4 is 32.8 Å². The van der Waals surface area contributed by atoms with Crippen molar-refractivity contribution in [3.05, 3.63) is 82.2 Å². The maximum absolute atomic E-state index is 13.4. The molecule has 1 aromatic heterocycles. The average Bonchev–Trinajstić information content (AvgIpc) is 3.05. The van der Waals surface area contributed by atoms with Gasteiger partial charge in [-0.3, -0.25) is 0 Å². The van der Waals surface area contributed by atoms with Gasteiger partial charge in [-0.1, -0.05) is 54.1 Å². The van der Waals surface area contributed by atoms with Crippen LogP contribution in [0.2, 0.25) is 4.34 Å². The first-order valence-electron chi connectivity index (χ1n) is 7.66. The first-order chi connectivity index (χ1) is 11.8. The Morgan fingerprint density at radius 2 is 1.64 bits per heavy atom. The number of benzene rings is 2. The number of phenolic OH excluding ortho intramolecular Hbond substituents is 1. The number of aromatic hydroxyl groups is 1. The topological polar surface area (TPSA) is 54.4 Å². The number of hydrogen-bond donors (Lipinski definition) is 1. The van der Waals surface area contributed by atoms with Crippen molar-refractivity contribution in [2.24, 2.45) is 0 Å². The van der Waals surface area contributed by atoms with Crippen molar-refractivity contribution in [1.29, 1.82) is 0 Å². The lowest BCUT2D eigenvalue weighted by molar-refractivity contribution is 0.475. The Bertz CT molecular complexity index is 963. The third kappa shape index (κ3) is 3.45. The third-order valence-corrected chi connectivity index (χ3v) is 8.43. The fourth-order valence-corrected chi connectivity index (χ4v) is 6.48. The van der Waals surface area contributed by atoms with Crippen LogP contribution in [0.25, 0.3) is 0 Å². The number of hydrogen-bond acceptors (Lipinski definition) is 4. The van der Waals surface area contributed by atoms with Gasteiger partial charge in [0.1, 0.15) is 14.7 Å². The number of phenols is 1. The highest BCUT2D eigenvalue weighted by atomic mass is 35.5. The number of rotatable bonds is 5. The average molecular weight is 393 g/mol. The zero-order valence-corrected chi connectivity index (χ0v) is 15.9. The van der Waals surface area contributed by atoms with E-state index in [-0.39, 0.29) is 16.4 Å². The molecule has 1 atom stereocenters. The van der Waals surface area contributed by atoms with Crippen LogP contribution in [0.5, 0.6) is 5.75 Å². The van der Waals surface area contributed by atoms with Gasteiger partial charge in [-0.15, -0.1) is 11.3 Å². The largest absolute Gasteiger partial charge is 0.508 e. The molecule has 0 radical (unpaired) electrons. The zero-order valence-electron chi connectivity index (χ0n) is 13.5. The second-order valence-electron chi connectivity index (χ2n) is 6.00. The van der Waals surface area contributed by atoms with Crippen LogP contribution < -0.4 is 0 Å². The van der Waals surface area contributed by atoms with Crippen molar-refractivity contribution in [2.75, 3.05) is 0 Å². The predicted molar refractivity (Wildman–Crippen MR) is 102 cm³/mol. The van der Waals surface area contributed by atoms with Crippen molar-refractivity contribution in [3.8, 4) is 5.75 Å². The Balaban J connectivity index is 2.14. The summed E-state index contributed by atoms with van der Waals surface area (Å²) in [6.07, 6.45) is 0.287. The van der Waals surface area contributed by atoms with Gasteiger partial charge in [0.05, 0.1) is 4.34 Å². The predicted octanol–water partition coefficient (Wildman–Crippen LogP) is 5.04. The summed E-state index contributed by atoms with van der Waals surface area (Å²) in [7, 11) is -3.67. The van der Waals surface area contributed by atoms with E-state index in [2.05, 4.69) is 0 Å². The van der Waals surface area contributed by atoms with E-state index in [1.807, 2.05) is 30.3 Å². The molecule has 0 bridgehead atoms. The minimum absolute atomic E-state index is 0.151. The molecule has 0 saturated heterocycles. The fraction of sp³-hybridized carbons (Fsp3) is 0.158. The Morgan fingerprint density at radius 1 is 1.00 bits per heavy atom. The lowest BCUT2D eigenvalue weighted by Crippen LogP contribution is -2.34. The van der Waals surface area contributed by atoms with Crippen molar-refractivity contribution in [1.82, 2.24) is 0 Å². The SMILES string of the molecule is CC(Cc1ccc(O)cc1)(c1ccccc1)S(=O)(=O)c1ccc(Cl)s1. The molecule has 3 nitrogen and oxygen atoms in total. The second kappa shape index (κ2) is 6.83. The van der Waals surface area contributed by atoms with Crippen molar-refractivity contribution in [3.63, 3.8) is 0 Å². The van der Waals surface area contributed by atoms with E-state index in [0.29, 0.717) is 9.90 Å². The lowest BCUT2D eigenvalue weighted by Gasteiger charge is -2.29. The number of sulfone groups is 1. The first kappa shape index (κ1) is 18.0. The third-order valence-electron chi connectivity index (χ3n) is 4.27. The molecule has 6 heteroatoms. The van der Waals surface area contributed by atoms with E-state index in [0.717, 1.165) is 16.9 Å². The molecule has 1 N–H and O–H groups in total. The minimum atomic E-state index is -3.67. The van der Waals surface area contributed by atoms with Crippen LogP contribution in [-0.2, 0) is 21.0 Å². The smallest absolute Gasteiger partial charge is 0.197 e. The van der Waals surface area contributed by atoms with E-state index in [9.17, 15) is 13.5 Å². The number of halogens is 1. The van der Waals surface area contributed by atoms with Gasteiger partial charge in [-0.2, -0.15) is 0 Å². The molecule has 0 spiro atoms.